The lowest BCUT2D eigenvalue weighted by molar-refractivity contribution is -0.151. The van der Waals surface area contributed by atoms with Gasteiger partial charge in [0.1, 0.15) is 5.92 Å². The Balaban J connectivity index is 2.18. The molecule has 6 nitrogen and oxygen atoms in total. The number of nitrogens with one attached hydrogen (secondary N) is 1. The van der Waals surface area contributed by atoms with Gasteiger partial charge in [-0.25, -0.2) is 4.79 Å². The van der Waals surface area contributed by atoms with Gasteiger partial charge in [-0.15, -0.1) is 0 Å². The summed E-state index contributed by atoms with van der Waals surface area (Å²) in [5.41, 5.74) is 3.00. The molecule has 0 radical (unpaired) electrons. The van der Waals surface area contributed by atoms with Crippen molar-refractivity contribution in [3.63, 3.8) is 0 Å². The Morgan fingerprint density at radius 1 is 1.29 bits per heavy atom. The highest BCUT2D eigenvalue weighted by atomic mass is 79.9. The highest BCUT2D eigenvalue weighted by Gasteiger charge is 2.47. The largest absolute Gasteiger partial charge is 0.468 e. The van der Waals surface area contributed by atoms with E-state index in [1.54, 1.807) is 0 Å². The van der Waals surface area contributed by atoms with E-state index in [0.717, 1.165) is 15.7 Å². The zero-order valence-electron chi connectivity index (χ0n) is 18.5. The third-order valence-corrected chi connectivity index (χ3v) is 6.78. The molecule has 1 heterocycles. The van der Waals surface area contributed by atoms with E-state index >= 15 is 0 Å². The average molecular weight is 490 g/mol. The van der Waals surface area contributed by atoms with Crippen LogP contribution in [0.2, 0.25) is 0 Å². The number of hydrogen-bond donors (Lipinski definition) is 1. The van der Waals surface area contributed by atoms with E-state index in [1.165, 1.54) is 7.11 Å². The van der Waals surface area contributed by atoms with Crippen LogP contribution in [-0.4, -0.2) is 30.9 Å². The van der Waals surface area contributed by atoms with Crippen molar-refractivity contribution in [1.82, 2.24) is 5.32 Å². The number of esters is 2. The maximum absolute atomic E-state index is 13.6. The fraction of sp³-hybridized carbons (Fsp3) is 0.458. The van der Waals surface area contributed by atoms with Gasteiger partial charge in [0, 0.05) is 27.4 Å². The van der Waals surface area contributed by atoms with Gasteiger partial charge in [-0.05, 0) is 44.2 Å². The predicted molar refractivity (Wildman–Crippen MR) is 120 cm³/mol. The van der Waals surface area contributed by atoms with Crippen molar-refractivity contribution < 1.29 is 23.9 Å². The minimum Gasteiger partial charge on any atom is -0.468 e. The fourth-order valence-electron chi connectivity index (χ4n) is 4.30. The second kappa shape index (κ2) is 9.39. The summed E-state index contributed by atoms with van der Waals surface area (Å²) in [6.07, 6.45) is 0.931. The Labute approximate surface area is 191 Å². The van der Waals surface area contributed by atoms with Crippen molar-refractivity contribution in [2.75, 3.05) is 7.11 Å². The molecule has 1 aromatic rings. The summed E-state index contributed by atoms with van der Waals surface area (Å²) in [4.78, 5) is 39.3. The molecule has 1 aliphatic heterocycles. The van der Waals surface area contributed by atoms with E-state index in [-0.39, 0.29) is 17.8 Å². The van der Waals surface area contributed by atoms with Gasteiger partial charge in [-0.3, -0.25) is 9.59 Å². The number of allylic oxidation sites excluding steroid dienone is 3. The molecule has 0 saturated heterocycles. The van der Waals surface area contributed by atoms with E-state index in [0.29, 0.717) is 29.7 Å². The summed E-state index contributed by atoms with van der Waals surface area (Å²) in [6.45, 7) is 7.46. The lowest BCUT2D eigenvalue weighted by Crippen LogP contribution is -2.43. The van der Waals surface area contributed by atoms with Crippen LogP contribution in [0.25, 0.3) is 0 Å². The van der Waals surface area contributed by atoms with Gasteiger partial charge in [0.2, 0.25) is 0 Å². The van der Waals surface area contributed by atoms with Crippen molar-refractivity contribution >= 4 is 33.7 Å². The lowest BCUT2D eigenvalue weighted by atomic mass is 9.69. The molecule has 1 N–H and O–H groups in total. The Hall–Kier alpha value is -2.41. The molecular formula is C24H28BrNO5. The third-order valence-electron chi connectivity index (χ3n) is 6.06. The topological polar surface area (TPSA) is 81.7 Å². The fourth-order valence-corrected chi connectivity index (χ4v) is 4.81. The second-order valence-corrected chi connectivity index (χ2v) is 9.04. The zero-order chi connectivity index (χ0) is 22.9. The van der Waals surface area contributed by atoms with Gasteiger partial charge >= 0.3 is 11.9 Å². The number of carbonyl (C=O) groups is 3. The second-order valence-electron chi connectivity index (χ2n) is 8.18. The van der Waals surface area contributed by atoms with E-state index in [4.69, 9.17) is 9.47 Å². The summed E-state index contributed by atoms with van der Waals surface area (Å²) in [7, 11) is 1.29. The Kier molecular flexibility index (Phi) is 7.04. The quantitative estimate of drug-likeness (QED) is 0.487. The minimum absolute atomic E-state index is 0.215. The van der Waals surface area contributed by atoms with Crippen LogP contribution < -0.4 is 5.32 Å². The standard InChI is InChI=1S/C24H28BrNO5/c1-6-13(3)31-24(29)19-14(4)26-17-11-12(2)18(23(28)30-5)22(27)21(17)20(19)15-9-7-8-10-16(15)25/h7-10,12-13,18,20,26H,6,11H2,1-5H3/t12-,13+,18-,20-/m0/s1. The van der Waals surface area contributed by atoms with Crippen LogP contribution in [0.5, 0.6) is 0 Å². The summed E-state index contributed by atoms with van der Waals surface area (Å²) < 4.78 is 11.4. The highest BCUT2D eigenvalue weighted by molar-refractivity contribution is 9.10. The van der Waals surface area contributed by atoms with E-state index in [9.17, 15) is 14.4 Å². The highest BCUT2D eigenvalue weighted by Crippen LogP contribution is 2.47. The number of rotatable bonds is 5. The van der Waals surface area contributed by atoms with Crippen LogP contribution in [0, 0.1) is 11.8 Å². The Morgan fingerprint density at radius 2 is 1.97 bits per heavy atom. The van der Waals surface area contributed by atoms with Crippen LogP contribution in [0.3, 0.4) is 0 Å². The van der Waals surface area contributed by atoms with Crippen molar-refractivity contribution in [2.24, 2.45) is 11.8 Å². The van der Waals surface area contributed by atoms with Gasteiger partial charge in [-0.2, -0.15) is 0 Å². The molecule has 0 aromatic heterocycles. The number of benzene rings is 1. The van der Waals surface area contributed by atoms with Gasteiger partial charge in [0.05, 0.1) is 18.8 Å². The van der Waals surface area contributed by atoms with Gasteiger partial charge in [0.25, 0.3) is 0 Å². The van der Waals surface area contributed by atoms with Gasteiger partial charge < -0.3 is 14.8 Å². The predicted octanol–water partition coefficient (Wildman–Crippen LogP) is 4.40. The summed E-state index contributed by atoms with van der Waals surface area (Å²) in [5.74, 6) is -3.09. The van der Waals surface area contributed by atoms with Crippen LogP contribution in [0.1, 0.15) is 52.0 Å². The molecule has 0 amide bonds. The summed E-state index contributed by atoms with van der Waals surface area (Å²) in [6, 6.07) is 7.49. The monoisotopic (exact) mass is 489 g/mol. The molecule has 1 aromatic carbocycles. The van der Waals surface area contributed by atoms with Crippen LogP contribution in [0.15, 0.2) is 51.3 Å². The molecule has 1 aliphatic carbocycles. The van der Waals surface area contributed by atoms with Crippen LogP contribution >= 0.6 is 15.9 Å². The number of Topliss-reactive ketones (excluding diaryl/α,β-unsaturated/α-hetero) is 1. The van der Waals surface area contributed by atoms with Gasteiger partial charge in [-0.1, -0.05) is 48.0 Å². The molecule has 2 aliphatic rings. The number of halogens is 1. The van der Waals surface area contributed by atoms with E-state index < -0.39 is 23.8 Å². The molecule has 0 spiro atoms. The molecule has 3 rings (SSSR count). The maximum atomic E-state index is 13.6. The minimum atomic E-state index is -0.902. The first-order chi connectivity index (χ1) is 14.7. The molecule has 31 heavy (non-hydrogen) atoms. The normalized spacial score (nSPS) is 24.3. The SMILES string of the molecule is CC[C@@H](C)OC(=O)C1=C(C)NC2=C(C(=O)[C@@H](C(=O)OC)[C@@H](C)C2)[C@H]1c1ccccc1Br. The number of hydrogen-bond acceptors (Lipinski definition) is 6. The number of ketones is 1. The number of methoxy groups -OCH3 is 1. The molecule has 0 fully saturated rings. The first kappa shape index (κ1) is 23.3. The molecular weight excluding hydrogens is 462 g/mol. The molecule has 0 unspecified atom stereocenters. The average Bonchev–Trinajstić information content (AvgIpc) is 2.72. The van der Waals surface area contributed by atoms with Crippen LogP contribution in [0.4, 0.5) is 0 Å². The number of carbonyl (C=O) groups excluding carboxylic acids is 3. The summed E-state index contributed by atoms with van der Waals surface area (Å²) >= 11 is 3.58. The van der Waals surface area contributed by atoms with E-state index in [2.05, 4.69) is 21.2 Å². The van der Waals surface area contributed by atoms with Crippen molar-refractivity contribution in [2.45, 2.75) is 52.6 Å². The molecule has 0 bridgehead atoms. The van der Waals surface area contributed by atoms with Crippen molar-refractivity contribution in [3.05, 3.63) is 56.8 Å². The Bertz CT molecular complexity index is 980. The molecule has 166 valence electrons. The summed E-state index contributed by atoms with van der Waals surface area (Å²) in [5, 5.41) is 3.27. The first-order valence-corrected chi connectivity index (χ1v) is 11.3. The Morgan fingerprint density at radius 3 is 2.58 bits per heavy atom. The van der Waals surface area contributed by atoms with E-state index in [1.807, 2.05) is 52.0 Å². The van der Waals surface area contributed by atoms with Gasteiger partial charge in [0.15, 0.2) is 5.78 Å². The number of ether oxygens (including phenoxy) is 2. The lowest BCUT2D eigenvalue weighted by Gasteiger charge is -2.38. The number of dihydropyridines is 1. The molecule has 0 saturated carbocycles. The smallest absolute Gasteiger partial charge is 0.337 e. The molecule has 7 heteroatoms. The molecule has 4 atom stereocenters. The zero-order valence-corrected chi connectivity index (χ0v) is 20.0. The van der Waals surface area contributed by atoms with Crippen LogP contribution in [-0.2, 0) is 23.9 Å². The van der Waals surface area contributed by atoms with Crippen molar-refractivity contribution in [1.29, 1.82) is 0 Å². The third kappa shape index (κ3) is 4.33. The van der Waals surface area contributed by atoms with Crippen molar-refractivity contribution in [3.8, 4) is 0 Å². The first-order valence-electron chi connectivity index (χ1n) is 10.5. The maximum Gasteiger partial charge on any atom is 0.337 e.